The number of carbonyl (C=O) groups is 1. The van der Waals surface area contributed by atoms with E-state index in [1.54, 1.807) is 6.08 Å². The third-order valence-corrected chi connectivity index (χ3v) is 21.6. The lowest BCUT2D eigenvalue weighted by molar-refractivity contribution is -0.359. The highest BCUT2D eigenvalue weighted by molar-refractivity contribution is 5.76. The first-order chi connectivity index (χ1) is 49.1. The summed E-state index contributed by atoms with van der Waals surface area (Å²) in [6.07, 6.45) is 75.9. The first-order valence-corrected chi connectivity index (χ1v) is 43.6. The van der Waals surface area contributed by atoms with E-state index in [2.05, 4.69) is 31.3 Å². The summed E-state index contributed by atoms with van der Waals surface area (Å²) in [5.74, 6) is -0.239. The molecule has 0 radical (unpaired) electrons. The molecule has 2 saturated heterocycles. The highest BCUT2D eigenvalue weighted by Gasteiger charge is 2.51. The molecule has 12 unspecified atom stereocenters. The number of hydrogen-bond donors (Lipinski definition) is 9. The van der Waals surface area contributed by atoms with E-state index in [9.17, 15) is 45.6 Å². The fourth-order valence-corrected chi connectivity index (χ4v) is 14.8. The van der Waals surface area contributed by atoms with Gasteiger partial charge in [-0.3, -0.25) is 4.79 Å². The van der Waals surface area contributed by atoms with Crippen molar-refractivity contribution in [2.75, 3.05) is 19.8 Å². The van der Waals surface area contributed by atoms with Crippen LogP contribution in [0.3, 0.4) is 0 Å². The van der Waals surface area contributed by atoms with Crippen LogP contribution in [0, 0.1) is 0 Å². The van der Waals surface area contributed by atoms with Crippen molar-refractivity contribution >= 4 is 5.91 Å². The summed E-state index contributed by atoms with van der Waals surface area (Å²) in [6, 6.07) is -0.931. The average molecular weight is 1420 g/mol. The largest absolute Gasteiger partial charge is 0.394 e. The number of amides is 1. The maximum Gasteiger partial charge on any atom is 0.220 e. The van der Waals surface area contributed by atoms with Gasteiger partial charge >= 0.3 is 0 Å². The Morgan fingerprint density at radius 2 is 0.640 bits per heavy atom. The molecular formula is C86H165NO13. The molecule has 592 valence electrons. The SMILES string of the molecule is CCCCCCCCCCCCCCCCCCCCCCCCCCCCC/C=C/CC/C=C/C(O)C(COC1OC(CO)C(OC2OC(CO)C(O)C(O)C2O)C(O)C1O)NC(=O)CCCCCCCCCCCCCCCCCCCCCCCCCCCCCCCCCCC. The lowest BCUT2D eigenvalue weighted by Crippen LogP contribution is -2.65. The summed E-state index contributed by atoms with van der Waals surface area (Å²) in [6.45, 7) is 2.87. The molecule has 2 heterocycles. The first-order valence-electron chi connectivity index (χ1n) is 43.6. The molecule has 14 heteroatoms. The van der Waals surface area contributed by atoms with Gasteiger partial charge in [0.15, 0.2) is 12.6 Å². The number of unbranched alkanes of at least 4 members (excludes halogenated alkanes) is 60. The molecular weight excluding hydrogens is 1250 g/mol. The second-order valence-electron chi connectivity index (χ2n) is 31.0. The molecule has 2 aliphatic heterocycles. The summed E-state index contributed by atoms with van der Waals surface area (Å²) in [4.78, 5) is 13.4. The monoisotopic (exact) mass is 1420 g/mol. The van der Waals surface area contributed by atoms with Gasteiger partial charge in [0.05, 0.1) is 32.0 Å². The normalized spacial score (nSPS) is 21.9. The van der Waals surface area contributed by atoms with Crippen molar-refractivity contribution in [3.63, 3.8) is 0 Å². The predicted octanol–water partition coefficient (Wildman–Crippen LogP) is 20.6. The Morgan fingerprint density at radius 1 is 0.350 bits per heavy atom. The lowest BCUT2D eigenvalue weighted by Gasteiger charge is -2.46. The highest BCUT2D eigenvalue weighted by atomic mass is 16.7. The number of aliphatic hydroxyl groups is 8. The number of ether oxygens (including phenoxy) is 4. The van der Waals surface area contributed by atoms with E-state index < -0.39 is 86.8 Å². The highest BCUT2D eigenvalue weighted by Crippen LogP contribution is 2.31. The molecule has 0 aromatic heterocycles. The van der Waals surface area contributed by atoms with Gasteiger partial charge in [0.1, 0.15) is 48.8 Å². The van der Waals surface area contributed by atoms with Gasteiger partial charge in [0.25, 0.3) is 0 Å². The summed E-state index contributed by atoms with van der Waals surface area (Å²) >= 11 is 0. The van der Waals surface area contributed by atoms with Crippen molar-refractivity contribution in [3.05, 3.63) is 24.3 Å². The fraction of sp³-hybridized carbons (Fsp3) is 0.942. The minimum atomic E-state index is -1.79. The van der Waals surface area contributed by atoms with E-state index in [1.807, 2.05) is 6.08 Å². The van der Waals surface area contributed by atoms with Crippen LogP contribution >= 0.6 is 0 Å². The second-order valence-corrected chi connectivity index (χ2v) is 31.0. The molecule has 2 fully saturated rings. The quantitative estimate of drug-likeness (QED) is 0.0204. The summed E-state index contributed by atoms with van der Waals surface area (Å²) in [5.41, 5.74) is 0. The Balaban J connectivity index is 1.59. The van der Waals surface area contributed by atoms with Crippen LogP contribution in [0.1, 0.15) is 425 Å². The van der Waals surface area contributed by atoms with Crippen LogP contribution in [-0.4, -0.2) is 140 Å². The molecule has 9 N–H and O–H groups in total. The van der Waals surface area contributed by atoms with E-state index in [0.29, 0.717) is 12.8 Å². The van der Waals surface area contributed by atoms with Gasteiger partial charge in [0, 0.05) is 6.42 Å². The van der Waals surface area contributed by atoms with Gasteiger partial charge < -0.3 is 65.1 Å². The van der Waals surface area contributed by atoms with Crippen LogP contribution in [0.5, 0.6) is 0 Å². The smallest absolute Gasteiger partial charge is 0.220 e. The lowest BCUT2D eigenvalue weighted by atomic mass is 9.97. The fourth-order valence-electron chi connectivity index (χ4n) is 14.8. The topological polar surface area (TPSA) is 228 Å². The molecule has 14 nitrogen and oxygen atoms in total. The van der Waals surface area contributed by atoms with Gasteiger partial charge in [-0.25, -0.2) is 0 Å². The van der Waals surface area contributed by atoms with E-state index in [1.165, 1.54) is 360 Å². The zero-order valence-corrected chi connectivity index (χ0v) is 65.2. The molecule has 2 rings (SSSR count). The van der Waals surface area contributed by atoms with E-state index in [4.69, 9.17) is 18.9 Å². The Hall–Kier alpha value is -1.53. The number of hydrogen-bond acceptors (Lipinski definition) is 13. The van der Waals surface area contributed by atoms with E-state index in [0.717, 1.165) is 32.1 Å². The van der Waals surface area contributed by atoms with Gasteiger partial charge in [-0.2, -0.15) is 0 Å². The molecule has 12 atom stereocenters. The standard InChI is InChI=1S/C86H165NO13/c1-3-5-7-9-11-13-15-17-19-21-23-25-27-29-31-33-35-37-39-41-43-45-47-49-51-53-55-57-59-61-63-65-67-69-75(90)74(73-97-85-83(96)81(94)84(77(72-89)99-85)100-86-82(95)80(93)79(92)76(71-88)98-86)87-78(91)70-68-66-64-62-60-58-56-54-52-50-48-46-44-42-40-38-36-34-32-30-28-26-24-22-20-18-16-14-12-10-8-6-4-2/h59,61,67,69,74-77,79-86,88-90,92-96H,3-58,60,62-66,68,70-73H2,1-2H3,(H,87,91)/b61-59+,69-67+. The molecule has 0 aliphatic carbocycles. The average Bonchev–Trinajstić information content (AvgIpc) is 0.790. The maximum absolute atomic E-state index is 13.4. The van der Waals surface area contributed by atoms with E-state index in [-0.39, 0.29) is 18.9 Å². The molecule has 0 aromatic rings. The number of aliphatic hydroxyl groups excluding tert-OH is 8. The van der Waals surface area contributed by atoms with Crippen LogP contribution in [0.4, 0.5) is 0 Å². The number of carbonyl (C=O) groups excluding carboxylic acids is 1. The minimum absolute atomic E-state index is 0.239. The van der Waals surface area contributed by atoms with Crippen LogP contribution in [0.25, 0.3) is 0 Å². The summed E-state index contributed by atoms with van der Waals surface area (Å²) < 4.78 is 22.9. The molecule has 0 spiro atoms. The Labute approximate surface area is 615 Å². The van der Waals surface area contributed by atoms with Crippen molar-refractivity contribution in [3.8, 4) is 0 Å². The molecule has 2 aliphatic rings. The summed E-state index contributed by atoms with van der Waals surface area (Å²) in [7, 11) is 0. The van der Waals surface area contributed by atoms with Crippen molar-refractivity contribution in [1.29, 1.82) is 0 Å². The van der Waals surface area contributed by atoms with Crippen LogP contribution in [0.15, 0.2) is 24.3 Å². The molecule has 1 amide bonds. The molecule has 0 aromatic carbocycles. The third-order valence-electron chi connectivity index (χ3n) is 21.6. The third kappa shape index (κ3) is 52.5. The van der Waals surface area contributed by atoms with Crippen molar-refractivity contribution in [1.82, 2.24) is 5.32 Å². The molecule has 0 bridgehead atoms. The van der Waals surface area contributed by atoms with Gasteiger partial charge in [0.2, 0.25) is 5.91 Å². The van der Waals surface area contributed by atoms with Crippen molar-refractivity contribution in [2.45, 2.75) is 498 Å². The molecule has 0 saturated carbocycles. The number of nitrogens with one attached hydrogen (secondary N) is 1. The number of rotatable bonds is 75. The predicted molar refractivity (Wildman–Crippen MR) is 415 cm³/mol. The van der Waals surface area contributed by atoms with Crippen LogP contribution < -0.4 is 5.32 Å². The Bertz CT molecular complexity index is 1770. The number of allylic oxidation sites excluding steroid dienone is 3. The minimum Gasteiger partial charge on any atom is -0.394 e. The second kappa shape index (κ2) is 70.5. The van der Waals surface area contributed by atoms with Crippen molar-refractivity contribution < 1.29 is 64.6 Å². The van der Waals surface area contributed by atoms with Gasteiger partial charge in [-0.15, -0.1) is 0 Å². The van der Waals surface area contributed by atoms with Gasteiger partial charge in [-0.05, 0) is 32.1 Å². The Morgan fingerprint density at radius 3 is 0.980 bits per heavy atom. The Kier molecular flexibility index (Phi) is 66.6. The zero-order valence-electron chi connectivity index (χ0n) is 65.2. The zero-order chi connectivity index (χ0) is 72.2. The maximum atomic E-state index is 13.4. The molecule has 100 heavy (non-hydrogen) atoms. The summed E-state index contributed by atoms with van der Waals surface area (Å²) in [5, 5.41) is 87.8. The van der Waals surface area contributed by atoms with E-state index >= 15 is 0 Å². The van der Waals surface area contributed by atoms with Crippen LogP contribution in [-0.2, 0) is 23.7 Å². The van der Waals surface area contributed by atoms with Gasteiger partial charge in [-0.1, -0.05) is 411 Å². The first kappa shape index (κ1) is 94.6. The van der Waals surface area contributed by atoms with Crippen molar-refractivity contribution in [2.24, 2.45) is 0 Å². The van der Waals surface area contributed by atoms with Crippen LogP contribution in [0.2, 0.25) is 0 Å².